The first kappa shape index (κ1) is 17.5. The Labute approximate surface area is 145 Å². The van der Waals surface area contributed by atoms with Crippen LogP contribution in [0.5, 0.6) is 0 Å². The molecule has 2 rings (SSSR count). The Morgan fingerprint density at radius 1 is 1.26 bits per heavy atom. The molecule has 2 aromatic rings. The molecule has 0 fully saturated rings. The molecule has 0 amide bonds. The molecule has 7 nitrogen and oxygen atoms in total. The van der Waals surface area contributed by atoms with Crippen LogP contribution in [0.2, 0.25) is 0 Å². The van der Waals surface area contributed by atoms with Crippen LogP contribution in [0, 0.1) is 9.52 Å². The van der Waals surface area contributed by atoms with Crippen molar-refractivity contribution in [2.24, 2.45) is 0 Å². The highest BCUT2D eigenvalue weighted by Crippen LogP contribution is 2.27. The quantitative estimate of drug-likeness (QED) is 0.564. The first-order chi connectivity index (χ1) is 10.6. The van der Waals surface area contributed by atoms with Crippen molar-refractivity contribution in [1.82, 2.24) is 9.97 Å². The van der Waals surface area contributed by atoms with Crippen molar-refractivity contribution in [2.75, 3.05) is 17.6 Å². The number of aromatic nitrogens is 2. The summed E-state index contributed by atoms with van der Waals surface area (Å²) >= 11 is 1.69. The molecule has 0 aliphatic heterocycles. The van der Waals surface area contributed by atoms with E-state index in [1.54, 1.807) is 22.6 Å². The van der Waals surface area contributed by atoms with Crippen LogP contribution in [0.3, 0.4) is 0 Å². The SMILES string of the molecule is CN(c1nc(I)c(C(=O)O)c(-c2ccc(F)cc2)n1)S(C)(=O)=O. The van der Waals surface area contributed by atoms with E-state index in [1.807, 2.05) is 0 Å². The van der Waals surface area contributed by atoms with Crippen LogP contribution in [0.15, 0.2) is 24.3 Å². The standard InChI is InChI=1S/C13H11FIN3O4S/c1-18(23(2,21)22)13-16-10(7-3-5-8(14)6-4-7)9(12(19)20)11(15)17-13/h3-6H,1-2H3,(H,19,20). The number of hydrogen-bond donors (Lipinski definition) is 1. The summed E-state index contributed by atoms with van der Waals surface area (Å²) < 4.78 is 37.2. The zero-order valence-electron chi connectivity index (χ0n) is 12.0. The zero-order chi connectivity index (χ0) is 17.4. The maximum atomic E-state index is 13.1. The van der Waals surface area contributed by atoms with E-state index in [2.05, 4.69) is 9.97 Å². The first-order valence-electron chi connectivity index (χ1n) is 6.12. The van der Waals surface area contributed by atoms with Crippen molar-refractivity contribution in [1.29, 1.82) is 0 Å². The topological polar surface area (TPSA) is 100 Å². The number of sulfonamides is 1. The second-order valence-electron chi connectivity index (χ2n) is 4.58. The number of benzene rings is 1. The molecule has 122 valence electrons. The Morgan fingerprint density at radius 2 is 1.83 bits per heavy atom. The lowest BCUT2D eigenvalue weighted by Gasteiger charge is -2.17. The van der Waals surface area contributed by atoms with Crippen LogP contribution in [0.25, 0.3) is 11.3 Å². The van der Waals surface area contributed by atoms with E-state index < -0.39 is 21.8 Å². The minimum atomic E-state index is -3.61. The number of carboxylic acids is 1. The minimum absolute atomic E-state index is 0.0161. The van der Waals surface area contributed by atoms with Gasteiger partial charge in [0.1, 0.15) is 15.1 Å². The molecular weight excluding hydrogens is 440 g/mol. The van der Waals surface area contributed by atoms with Crippen LogP contribution in [0.1, 0.15) is 10.4 Å². The summed E-state index contributed by atoms with van der Waals surface area (Å²) in [6.07, 6.45) is 0.978. The Balaban J connectivity index is 2.74. The number of nitrogens with zero attached hydrogens (tertiary/aromatic N) is 3. The predicted octanol–water partition coefficient (Wildman–Crippen LogP) is 1.98. The molecule has 0 saturated carbocycles. The number of carboxylic acid groups (broad SMARTS) is 1. The molecule has 1 aromatic carbocycles. The summed E-state index contributed by atoms with van der Waals surface area (Å²) in [4.78, 5) is 19.5. The maximum absolute atomic E-state index is 13.1. The lowest BCUT2D eigenvalue weighted by atomic mass is 10.1. The molecular formula is C13H11FIN3O4S. The average Bonchev–Trinajstić information content (AvgIpc) is 2.45. The number of hydrogen-bond acceptors (Lipinski definition) is 5. The van der Waals surface area contributed by atoms with Crippen LogP contribution < -0.4 is 4.31 Å². The molecule has 0 unspecified atom stereocenters. The number of aromatic carboxylic acids is 1. The van der Waals surface area contributed by atoms with Crippen molar-refractivity contribution in [3.05, 3.63) is 39.3 Å². The van der Waals surface area contributed by atoms with Crippen molar-refractivity contribution < 1.29 is 22.7 Å². The lowest BCUT2D eigenvalue weighted by Crippen LogP contribution is -2.27. The molecule has 0 bridgehead atoms. The monoisotopic (exact) mass is 451 g/mol. The molecule has 0 atom stereocenters. The minimum Gasteiger partial charge on any atom is -0.478 e. The largest absolute Gasteiger partial charge is 0.478 e. The van der Waals surface area contributed by atoms with Gasteiger partial charge in [0.25, 0.3) is 0 Å². The van der Waals surface area contributed by atoms with E-state index >= 15 is 0 Å². The fraction of sp³-hybridized carbons (Fsp3) is 0.154. The van der Waals surface area contributed by atoms with Gasteiger partial charge < -0.3 is 5.11 Å². The van der Waals surface area contributed by atoms with Crippen LogP contribution in [-0.2, 0) is 10.0 Å². The Hall–Kier alpha value is -1.82. The smallest absolute Gasteiger partial charge is 0.340 e. The third-order valence-corrected chi connectivity index (χ3v) is 4.90. The number of carbonyl (C=O) groups is 1. The number of rotatable bonds is 4. The second kappa shape index (κ2) is 6.35. The summed E-state index contributed by atoms with van der Waals surface area (Å²) in [5.74, 6) is -1.91. The number of halogens is 2. The third-order valence-electron chi connectivity index (χ3n) is 2.96. The highest BCUT2D eigenvalue weighted by Gasteiger charge is 2.24. The van der Waals surface area contributed by atoms with E-state index in [-0.39, 0.29) is 20.9 Å². The van der Waals surface area contributed by atoms with Gasteiger partial charge in [-0.2, -0.15) is 0 Å². The molecule has 1 N–H and O–H groups in total. The second-order valence-corrected chi connectivity index (χ2v) is 7.62. The number of anilines is 1. The van der Waals surface area contributed by atoms with E-state index in [1.165, 1.54) is 19.2 Å². The highest BCUT2D eigenvalue weighted by atomic mass is 127. The average molecular weight is 451 g/mol. The van der Waals surface area contributed by atoms with Gasteiger partial charge in [-0.15, -0.1) is 0 Å². The van der Waals surface area contributed by atoms with Gasteiger partial charge in [-0.1, -0.05) is 0 Å². The summed E-state index contributed by atoms with van der Waals surface area (Å²) in [6.45, 7) is 0. The molecule has 0 saturated heterocycles. The van der Waals surface area contributed by atoms with Gasteiger partial charge >= 0.3 is 5.97 Å². The van der Waals surface area contributed by atoms with Crippen LogP contribution in [0.4, 0.5) is 10.3 Å². The van der Waals surface area contributed by atoms with Gasteiger partial charge in [-0.05, 0) is 46.9 Å². The molecule has 0 aliphatic carbocycles. The van der Waals surface area contributed by atoms with Crippen molar-refractivity contribution >= 4 is 44.5 Å². The molecule has 1 aromatic heterocycles. The van der Waals surface area contributed by atoms with Gasteiger partial charge in [-0.25, -0.2) is 31.9 Å². The predicted molar refractivity (Wildman–Crippen MR) is 90.3 cm³/mol. The van der Waals surface area contributed by atoms with Crippen molar-refractivity contribution in [3.63, 3.8) is 0 Å². The highest BCUT2D eigenvalue weighted by molar-refractivity contribution is 14.1. The Bertz CT molecular complexity index is 872. The molecule has 0 spiro atoms. The molecule has 0 aliphatic rings. The molecule has 0 radical (unpaired) electrons. The Morgan fingerprint density at radius 3 is 2.30 bits per heavy atom. The summed E-state index contributed by atoms with van der Waals surface area (Å²) in [7, 11) is -2.35. The van der Waals surface area contributed by atoms with Gasteiger partial charge in [-0.3, -0.25) is 0 Å². The Kier molecular flexibility index (Phi) is 4.84. The third kappa shape index (κ3) is 3.75. The van der Waals surface area contributed by atoms with Gasteiger partial charge in [0, 0.05) is 12.6 Å². The van der Waals surface area contributed by atoms with E-state index in [9.17, 15) is 22.7 Å². The van der Waals surface area contributed by atoms with Gasteiger partial charge in [0.2, 0.25) is 16.0 Å². The first-order valence-corrected chi connectivity index (χ1v) is 9.04. The van der Waals surface area contributed by atoms with Crippen molar-refractivity contribution in [3.8, 4) is 11.3 Å². The lowest BCUT2D eigenvalue weighted by molar-refractivity contribution is 0.0695. The van der Waals surface area contributed by atoms with Gasteiger partial charge in [0.15, 0.2) is 0 Å². The fourth-order valence-corrected chi connectivity index (χ4v) is 2.80. The maximum Gasteiger partial charge on any atom is 0.340 e. The van der Waals surface area contributed by atoms with Crippen molar-refractivity contribution in [2.45, 2.75) is 0 Å². The summed E-state index contributed by atoms with van der Waals surface area (Å²) in [6, 6.07) is 5.06. The summed E-state index contributed by atoms with van der Waals surface area (Å²) in [5, 5.41) is 9.36. The van der Waals surface area contributed by atoms with Gasteiger partial charge in [0.05, 0.1) is 11.9 Å². The molecule has 1 heterocycles. The molecule has 23 heavy (non-hydrogen) atoms. The molecule has 10 heteroatoms. The van der Waals surface area contributed by atoms with Crippen LogP contribution >= 0.6 is 22.6 Å². The van der Waals surface area contributed by atoms with E-state index in [4.69, 9.17) is 0 Å². The van der Waals surface area contributed by atoms with E-state index in [0.29, 0.717) is 5.56 Å². The zero-order valence-corrected chi connectivity index (χ0v) is 15.0. The van der Waals surface area contributed by atoms with Crippen LogP contribution in [-0.4, -0.2) is 42.8 Å². The normalized spacial score (nSPS) is 11.3. The van der Waals surface area contributed by atoms with E-state index in [0.717, 1.165) is 22.7 Å². The summed E-state index contributed by atoms with van der Waals surface area (Å²) in [5.41, 5.74) is 0.178. The fourth-order valence-electron chi connectivity index (χ4n) is 1.72.